The van der Waals surface area contributed by atoms with Gasteiger partial charge in [0.05, 0.1) is 6.42 Å². The number of hydrogen-bond acceptors (Lipinski definition) is 1. The highest BCUT2D eigenvalue weighted by molar-refractivity contribution is 6.18. The summed E-state index contributed by atoms with van der Waals surface area (Å²) >= 11 is 5.78. The van der Waals surface area contributed by atoms with Crippen molar-refractivity contribution in [1.82, 2.24) is 4.90 Å². The minimum Gasteiger partial charge on any atom is -0.342 e. The highest BCUT2D eigenvalue weighted by atomic mass is 35.5. The molecule has 1 fully saturated rings. The van der Waals surface area contributed by atoms with Crippen molar-refractivity contribution < 1.29 is 13.6 Å². The van der Waals surface area contributed by atoms with Crippen LogP contribution in [0.4, 0.5) is 8.78 Å². The average molecular weight is 288 g/mol. The van der Waals surface area contributed by atoms with Crippen LogP contribution in [0.2, 0.25) is 0 Å². The molecule has 0 aliphatic carbocycles. The zero-order chi connectivity index (χ0) is 13.8. The van der Waals surface area contributed by atoms with Gasteiger partial charge in [0.2, 0.25) is 5.91 Å². The van der Waals surface area contributed by atoms with E-state index >= 15 is 0 Å². The standard InChI is InChI=1S/C14H16ClF2NO/c15-9-10-3-5-18(6-4-10)14(19)7-11-1-2-12(16)8-13(11)17/h1-2,8,10H,3-7,9H2. The molecule has 5 heteroatoms. The van der Waals surface area contributed by atoms with Crippen LogP contribution in [0.3, 0.4) is 0 Å². The Kier molecular flexibility index (Phi) is 4.75. The van der Waals surface area contributed by atoms with Crippen LogP contribution in [-0.4, -0.2) is 29.8 Å². The fraction of sp³-hybridized carbons (Fsp3) is 0.500. The second kappa shape index (κ2) is 6.33. The average Bonchev–Trinajstić information content (AvgIpc) is 2.42. The summed E-state index contributed by atoms with van der Waals surface area (Å²) in [4.78, 5) is 13.8. The lowest BCUT2D eigenvalue weighted by Crippen LogP contribution is -2.39. The quantitative estimate of drug-likeness (QED) is 0.783. The maximum atomic E-state index is 13.5. The van der Waals surface area contributed by atoms with Gasteiger partial charge in [-0.05, 0) is 30.4 Å². The van der Waals surface area contributed by atoms with E-state index in [4.69, 9.17) is 11.6 Å². The number of carbonyl (C=O) groups is 1. The Balaban J connectivity index is 1.94. The maximum Gasteiger partial charge on any atom is 0.227 e. The number of likely N-dealkylation sites (tertiary alicyclic amines) is 1. The number of nitrogens with zero attached hydrogens (tertiary/aromatic N) is 1. The van der Waals surface area contributed by atoms with Gasteiger partial charge in [0.15, 0.2) is 0 Å². The van der Waals surface area contributed by atoms with Crippen LogP contribution in [-0.2, 0) is 11.2 Å². The summed E-state index contributed by atoms with van der Waals surface area (Å²) in [6, 6.07) is 3.31. The Morgan fingerprint density at radius 3 is 2.58 bits per heavy atom. The summed E-state index contributed by atoms with van der Waals surface area (Å²) in [5, 5.41) is 0. The largest absolute Gasteiger partial charge is 0.342 e. The third kappa shape index (κ3) is 3.66. The van der Waals surface area contributed by atoms with E-state index < -0.39 is 11.6 Å². The molecule has 19 heavy (non-hydrogen) atoms. The number of benzene rings is 1. The zero-order valence-electron chi connectivity index (χ0n) is 10.5. The minimum atomic E-state index is -0.663. The molecule has 1 amide bonds. The molecule has 0 radical (unpaired) electrons. The number of alkyl halides is 1. The van der Waals surface area contributed by atoms with Crippen LogP contribution in [0.25, 0.3) is 0 Å². The van der Waals surface area contributed by atoms with Gasteiger partial charge in [0.1, 0.15) is 11.6 Å². The van der Waals surface area contributed by atoms with Crippen LogP contribution < -0.4 is 0 Å². The molecule has 2 nitrogen and oxygen atoms in total. The number of amides is 1. The second-order valence-corrected chi connectivity index (χ2v) is 5.20. The minimum absolute atomic E-state index is 0.0162. The van der Waals surface area contributed by atoms with Crippen LogP contribution in [0.5, 0.6) is 0 Å². The van der Waals surface area contributed by atoms with E-state index in [2.05, 4.69) is 0 Å². The molecule has 1 heterocycles. The van der Waals surface area contributed by atoms with Crippen molar-refractivity contribution in [2.75, 3.05) is 19.0 Å². The van der Waals surface area contributed by atoms with Gasteiger partial charge in [-0.2, -0.15) is 0 Å². The lowest BCUT2D eigenvalue weighted by Gasteiger charge is -2.31. The van der Waals surface area contributed by atoms with Gasteiger partial charge >= 0.3 is 0 Å². The predicted octanol–water partition coefficient (Wildman–Crippen LogP) is 2.98. The van der Waals surface area contributed by atoms with Gasteiger partial charge in [0.25, 0.3) is 0 Å². The Morgan fingerprint density at radius 1 is 1.32 bits per heavy atom. The van der Waals surface area contributed by atoms with Gasteiger partial charge in [-0.25, -0.2) is 8.78 Å². The van der Waals surface area contributed by atoms with E-state index in [1.807, 2.05) is 0 Å². The number of halogens is 3. The molecule has 1 aliphatic heterocycles. The first kappa shape index (κ1) is 14.3. The third-order valence-corrected chi connectivity index (χ3v) is 3.98. The molecule has 2 rings (SSSR count). The van der Waals surface area contributed by atoms with Gasteiger partial charge in [-0.15, -0.1) is 11.6 Å². The molecular weight excluding hydrogens is 272 g/mol. The molecule has 0 unspecified atom stereocenters. The number of hydrogen-bond donors (Lipinski definition) is 0. The molecule has 104 valence electrons. The lowest BCUT2D eigenvalue weighted by molar-refractivity contribution is -0.131. The molecule has 0 saturated carbocycles. The molecule has 1 aromatic carbocycles. The topological polar surface area (TPSA) is 20.3 Å². The fourth-order valence-electron chi connectivity index (χ4n) is 2.28. The molecule has 0 aromatic heterocycles. The first-order valence-electron chi connectivity index (χ1n) is 6.38. The first-order chi connectivity index (χ1) is 9.10. The van der Waals surface area contributed by atoms with Gasteiger partial charge in [-0.3, -0.25) is 4.79 Å². The fourth-order valence-corrected chi connectivity index (χ4v) is 2.59. The lowest BCUT2D eigenvalue weighted by atomic mass is 9.98. The smallest absolute Gasteiger partial charge is 0.227 e. The van der Waals surface area contributed by atoms with Crippen molar-refractivity contribution in [3.63, 3.8) is 0 Å². The summed E-state index contributed by atoms with van der Waals surface area (Å²) in [7, 11) is 0. The third-order valence-electron chi connectivity index (χ3n) is 3.54. The molecular formula is C14H16ClF2NO. The van der Waals surface area contributed by atoms with Crippen LogP contribution in [0, 0.1) is 17.6 Å². The number of carbonyl (C=O) groups excluding carboxylic acids is 1. The summed E-state index contributed by atoms with van der Waals surface area (Å²) in [6.45, 7) is 1.33. The van der Waals surface area contributed by atoms with E-state index in [0.717, 1.165) is 18.9 Å². The maximum absolute atomic E-state index is 13.5. The van der Waals surface area contributed by atoms with Gasteiger partial charge in [0, 0.05) is 25.0 Å². The van der Waals surface area contributed by atoms with E-state index in [-0.39, 0.29) is 17.9 Å². The molecule has 0 bridgehead atoms. The van der Waals surface area contributed by atoms with E-state index in [1.54, 1.807) is 4.90 Å². The molecule has 1 saturated heterocycles. The number of piperidine rings is 1. The van der Waals surface area contributed by atoms with Crippen LogP contribution in [0.15, 0.2) is 18.2 Å². The summed E-state index contributed by atoms with van der Waals surface area (Å²) in [5.41, 5.74) is 0.242. The SMILES string of the molecule is O=C(Cc1ccc(F)cc1F)N1CCC(CCl)CC1. The highest BCUT2D eigenvalue weighted by Gasteiger charge is 2.22. The molecule has 0 N–H and O–H groups in total. The molecule has 1 aliphatic rings. The normalized spacial score (nSPS) is 16.7. The van der Waals surface area contributed by atoms with Crippen molar-refractivity contribution in [3.05, 3.63) is 35.4 Å². The van der Waals surface area contributed by atoms with Crippen LogP contribution >= 0.6 is 11.6 Å². The Labute approximate surface area is 116 Å². The van der Waals surface area contributed by atoms with Crippen molar-refractivity contribution in [1.29, 1.82) is 0 Å². The van der Waals surface area contributed by atoms with E-state index in [0.29, 0.717) is 24.9 Å². The first-order valence-corrected chi connectivity index (χ1v) is 6.91. The predicted molar refractivity (Wildman–Crippen MR) is 70.1 cm³/mol. The molecule has 0 spiro atoms. The Bertz CT molecular complexity index is 459. The van der Waals surface area contributed by atoms with Crippen molar-refractivity contribution >= 4 is 17.5 Å². The monoisotopic (exact) mass is 287 g/mol. The van der Waals surface area contributed by atoms with E-state index in [9.17, 15) is 13.6 Å². The van der Waals surface area contributed by atoms with Crippen molar-refractivity contribution in [2.45, 2.75) is 19.3 Å². The van der Waals surface area contributed by atoms with Gasteiger partial charge in [-0.1, -0.05) is 6.07 Å². The summed E-state index contributed by atoms with van der Waals surface area (Å²) in [6.07, 6.45) is 1.76. The highest BCUT2D eigenvalue weighted by Crippen LogP contribution is 2.19. The van der Waals surface area contributed by atoms with Crippen LogP contribution in [0.1, 0.15) is 18.4 Å². The number of rotatable bonds is 3. The summed E-state index contributed by atoms with van der Waals surface area (Å²) in [5.74, 6) is -0.318. The van der Waals surface area contributed by atoms with Crippen molar-refractivity contribution in [3.8, 4) is 0 Å². The van der Waals surface area contributed by atoms with Gasteiger partial charge < -0.3 is 4.90 Å². The summed E-state index contributed by atoms with van der Waals surface area (Å²) < 4.78 is 26.2. The Hall–Kier alpha value is -1.16. The second-order valence-electron chi connectivity index (χ2n) is 4.89. The zero-order valence-corrected chi connectivity index (χ0v) is 11.3. The van der Waals surface area contributed by atoms with Crippen molar-refractivity contribution in [2.24, 2.45) is 5.92 Å². The molecule has 0 atom stereocenters. The Morgan fingerprint density at radius 2 is 2.00 bits per heavy atom. The molecule has 1 aromatic rings. The van der Waals surface area contributed by atoms with E-state index in [1.165, 1.54) is 12.1 Å².